The molecule has 0 atom stereocenters. The van der Waals surface area contributed by atoms with Crippen LogP contribution in [0.3, 0.4) is 0 Å². The monoisotopic (exact) mass is 423 g/mol. The number of urea groups is 1. The number of aromatic nitrogens is 2. The van der Waals surface area contributed by atoms with Gasteiger partial charge in [-0.3, -0.25) is 4.79 Å². The molecule has 8 heteroatoms. The van der Waals surface area contributed by atoms with Crippen LogP contribution in [0.4, 0.5) is 10.5 Å². The lowest BCUT2D eigenvalue weighted by molar-refractivity contribution is 0.0756. The van der Waals surface area contributed by atoms with Crippen LogP contribution in [-0.4, -0.2) is 57.7 Å². The molecule has 2 heterocycles. The molecule has 154 valence electrons. The fourth-order valence-corrected chi connectivity index (χ4v) is 3.61. The summed E-state index contributed by atoms with van der Waals surface area (Å²) < 4.78 is 1.69. The summed E-state index contributed by atoms with van der Waals surface area (Å²) in [5.74, 6) is -0.123. The standard InChI is InChI=1S/C22H22ClN5O2/c23-17-6-4-7-18(16-17)24-22(30)27-12-5-11-26(14-15-27)21(29)20-10-13-28(25-20)19-8-2-1-3-9-19/h1-4,6-10,13,16H,5,11-12,14-15H2,(H,24,30). The van der Waals surface area contributed by atoms with Crippen molar-refractivity contribution in [2.45, 2.75) is 6.42 Å². The zero-order valence-corrected chi connectivity index (χ0v) is 17.1. The summed E-state index contributed by atoms with van der Waals surface area (Å²) >= 11 is 5.98. The Morgan fingerprint density at radius 1 is 0.900 bits per heavy atom. The van der Waals surface area contributed by atoms with Crippen molar-refractivity contribution >= 4 is 29.2 Å². The number of carbonyl (C=O) groups is 2. The van der Waals surface area contributed by atoms with Gasteiger partial charge in [0.25, 0.3) is 5.91 Å². The zero-order chi connectivity index (χ0) is 20.9. The number of halogens is 1. The number of nitrogens with zero attached hydrogens (tertiary/aromatic N) is 4. The van der Waals surface area contributed by atoms with Crippen LogP contribution in [-0.2, 0) is 0 Å². The van der Waals surface area contributed by atoms with E-state index in [1.807, 2.05) is 30.3 Å². The predicted octanol–water partition coefficient (Wildman–Crippen LogP) is 3.91. The van der Waals surface area contributed by atoms with Gasteiger partial charge in [-0.25, -0.2) is 9.48 Å². The molecular formula is C22H22ClN5O2. The Morgan fingerprint density at radius 3 is 2.47 bits per heavy atom. The van der Waals surface area contributed by atoms with Gasteiger partial charge in [0.05, 0.1) is 5.69 Å². The second kappa shape index (κ2) is 9.00. The minimum atomic E-state index is -0.195. The molecule has 1 fully saturated rings. The molecule has 1 aliphatic heterocycles. The van der Waals surface area contributed by atoms with E-state index in [0.29, 0.717) is 49.0 Å². The van der Waals surface area contributed by atoms with E-state index in [-0.39, 0.29) is 11.9 Å². The van der Waals surface area contributed by atoms with Gasteiger partial charge in [-0.15, -0.1) is 0 Å². The summed E-state index contributed by atoms with van der Waals surface area (Å²) in [4.78, 5) is 29.0. The van der Waals surface area contributed by atoms with Gasteiger partial charge in [0, 0.05) is 43.1 Å². The van der Waals surface area contributed by atoms with Crippen molar-refractivity contribution in [1.82, 2.24) is 19.6 Å². The third kappa shape index (κ3) is 4.63. The number of rotatable bonds is 3. The normalized spacial score (nSPS) is 14.3. The third-order valence-electron chi connectivity index (χ3n) is 4.98. The third-order valence-corrected chi connectivity index (χ3v) is 5.21. The summed E-state index contributed by atoms with van der Waals surface area (Å²) in [5, 5.41) is 7.85. The van der Waals surface area contributed by atoms with Crippen LogP contribution < -0.4 is 5.32 Å². The Labute approximate surface area is 179 Å². The number of anilines is 1. The van der Waals surface area contributed by atoms with E-state index in [0.717, 1.165) is 5.69 Å². The molecule has 3 amide bonds. The van der Waals surface area contributed by atoms with Crippen LogP contribution in [0.1, 0.15) is 16.9 Å². The maximum absolute atomic E-state index is 12.9. The number of amides is 3. The van der Waals surface area contributed by atoms with Crippen molar-refractivity contribution in [1.29, 1.82) is 0 Å². The smallest absolute Gasteiger partial charge is 0.321 e. The van der Waals surface area contributed by atoms with E-state index < -0.39 is 0 Å². The number of benzene rings is 2. The molecular weight excluding hydrogens is 402 g/mol. The first-order chi connectivity index (χ1) is 14.6. The molecule has 0 aliphatic carbocycles. The van der Waals surface area contributed by atoms with Gasteiger partial charge in [0.15, 0.2) is 5.69 Å². The molecule has 1 saturated heterocycles. The molecule has 1 aromatic heterocycles. The summed E-state index contributed by atoms with van der Waals surface area (Å²) in [5.41, 5.74) is 1.95. The SMILES string of the molecule is O=C(Nc1cccc(Cl)c1)N1CCCN(C(=O)c2ccn(-c3ccccc3)n2)CC1. The Morgan fingerprint density at radius 2 is 1.67 bits per heavy atom. The van der Waals surface area contributed by atoms with Gasteiger partial charge in [-0.1, -0.05) is 35.9 Å². The topological polar surface area (TPSA) is 70.5 Å². The van der Waals surface area contributed by atoms with Crippen molar-refractivity contribution in [3.8, 4) is 5.69 Å². The molecule has 0 radical (unpaired) electrons. The molecule has 0 saturated carbocycles. The minimum absolute atomic E-state index is 0.123. The van der Waals surface area contributed by atoms with Gasteiger partial charge in [0.2, 0.25) is 0 Å². The predicted molar refractivity (Wildman–Crippen MR) is 116 cm³/mol. The molecule has 0 bridgehead atoms. The fraction of sp³-hybridized carbons (Fsp3) is 0.227. The van der Waals surface area contributed by atoms with Crippen LogP contribution in [0, 0.1) is 0 Å². The van der Waals surface area contributed by atoms with Crippen LogP contribution in [0.5, 0.6) is 0 Å². The molecule has 1 N–H and O–H groups in total. The van der Waals surface area contributed by atoms with Gasteiger partial charge in [0.1, 0.15) is 0 Å². The highest BCUT2D eigenvalue weighted by atomic mass is 35.5. The average Bonchev–Trinajstić information content (AvgIpc) is 3.12. The van der Waals surface area contributed by atoms with E-state index in [1.165, 1.54) is 0 Å². The van der Waals surface area contributed by atoms with E-state index in [2.05, 4.69) is 10.4 Å². The Kier molecular flexibility index (Phi) is 5.99. The van der Waals surface area contributed by atoms with E-state index in [9.17, 15) is 9.59 Å². The highest BCUT2D eigenvalue weighted by Gasteiger charge is 2.24. The van der Waals surface area contributed by atoms with E-state index >= 15 is 0 Å². The highest BCUT2D eigenvalue weighted by molar-refractivity contribution is 6.30. The Hall–Kier alpha value is -3.32. The van der Waals surface area contributed by atoms with Gasteiger partial charge < -0.3 is 15.1 Å². The zero-order valence-electron chi connectivity index (χ0n) is 16.4. The number of nitrogens with one attached hydrogen (secondary N) is 1. The number of hydrogen-bond donors (Lipinski definition) is 1. The Bertz CT molecular complexity index is 1040. The van der Waals surface area contributed by atoms with Crippen LogP contribution in [0.2, 0.25) is 5.02 Å². The average molecular weight is 424 g/mol. The molecule has 0 unspecified atom stereocenters. The summed E-state index contributed by atoms with van der Waals surface area (Å²) in [6.45, 7) is 2.07. The second-order valence-corrected chi connectivity index (χ2v) is 7.49. The van der Waals surface area contributed by atoms with Gasteiger partial charge in [-0.05, 0) is 42.8 Å². The number of carbonyl (C=O) groups excluding carboxylic acids is 2. The van der Waals surface area contributed by atoms with Crippen LogP contribution in [0.25, 0.3) is 5.69 Å². The molecule has 1 aliphatic rings. The molecule has 7 nitrogen and oxygen atoms in total. The summed E-state index contributed by atoms with van der Waals surface area (Å²) in [7, 11) is 0. The maximum Gasteiger partial charge on any atom is 0.321 e. The van der Waals surface area contributed by atoms with Crippen molar-refractivity contribution in [3.05, 3.63) is 77.6 Å². The van der Waals surface area contributed by atoms with Gasteiger partial charge in [-0.2, -0.15) is 5.10 Å². The summed E-state index contributed by atoms with van der Waals surface area (Å²) in [6.07, 6.45) is 2.49. The van der Waals surface area contributed by atoms with Crippen molar-refractivity contribution < 1.29 is 9.59 Å². The molecule has 0 spiro atoms. The number of hydrogen-bond acceptors (Lipinski definition) is 3. The lowest BCUT2D eigenvalue weighted by atomic mass is 10.3. The largest absolute Gasteiger partial charge is 0.335 e. The molecule has 4 rings (SSSR count). The molecule has 2 aromatic carbocycles. The first-order valence-electron chi connectivity index (χ1n) is 9.82. The van der Waals surface area contributed by atoms with E-state index in [1.54, 1.807) is 51.0 Å². The second-order valence-electron chi connectivity index (χ2n) is 7.05. The van der Waals surface area contributed by atoms with Crippen LogP contribution in [0.15, 0.2) is 66.9 Å². The van der Waals surface area contributed by atoms with Crippen LogP contribution >= 0.6 is 11.6 Å². The lowest BCUT2D eigenvalue weighted by Crippen LogP contribution is -2.39. The first kappa shape index (κ1) is 20.0. The molecule has 3 aromatic rings. The summed E-state index contributed by atoms with van der Waals surface area (Å²) in [6, 6.07) is 18.2. The highest BCUT2D eigenvalue weighted by Crippen LogP contribution is 2.16. The van der Waals surface area contributed by atoms with E-state index in [4.69, 9.17) is 11.6 Å². The van der Waals surface area contributed by atoms with Gasteiger partial charge >= 0.3 is 6.03 Å². The Balaban J connectivity index is 1.37. The fourth-order valence-electron chi connectivity index (χ4n) is 3.42. The van der Waals surface area contributed by atoms with Crippen molar-refractivity contribution in [2.24, 2.45) is 0 Å². The quantitative estimate of drug-likeness (QED) is 0.694. The number of para-hydroxylation sites is 1. The lowest BCUT2D eigenvalue weighted by Gasteiger charge is -2.22. The van der Waals surface area contributed by atoms with Crippen molar-refractivity contribution in [2.75, 3.05) is 31.5 Å². The van der Waals surface area contributed by atoms with Crippen molar-refractivity contribution in [3.63, 3.8) is 0 Å². The molecule has 30 heavy (non-hydrogen) atoms. The minimum Gasteiger partial charge on any atom is -0.335 e. The first-order valence-corrected chi connectivity index (χ1v) is 10.2. The maximum atomic E-state index is 12.9.